The molecule has 1 aliphatic carbocycles. The van der Waals surface area contributed by atoms with E-state index >= 15 is 0 Å². The molecule has 1 saturated carbocycles. The summed E-state index contributed by atoms with van der Waals surface area (Å²) in [7, 11) is 0. The van der Waals surface area contributed by atoms with Gasteiger partial charge in [-0.3, -0.25) is 9.78 Å². The van der Waals surface area contributed by atoms with Gasteiger partial charge in [-0.2, -0.15) is 0 Å². The Bertz CT molecular complexity index is 609. The maximum Gasteiger partial charge on any atom is 0.235 e. The Balaban J connectivity index is 1.84. The van der Waals surface area contributed by atoms with Crippen LogP contribution in [0.5, 0.6) is 0 Å². The summed E-state index contributed by atoms with van der Waals surface area (Å²) < 4.78 is 13.5. The second-order valence-electron chi connectivity index (χ2n) is 4.76. The van der Waals surface area contributed by atoms with Crippen molar-refractivity contribution in [2.24, 2.45) is 0 Å². The third kappa shape index (κ3) is 2.10. The van der Waals surface area contributed by atoms with E-state index in [2.05, 4.69) is 10.3 Å². The molecule has 1 aliphatic rings. The largest absolute Gasteiger partial charge is 0.323 e. The van der Waals surface area contributed by atoms with Crippen molar-refractivity contribution in [3.05, 3.63) is 60.2 Å². The van der Waals surface area contributed by atoms with E-state index in [1.165, 1.54) is 12.3 Å². The molecule has 1 heterocycles. The predicted octanol–water partition coefficient (Wildman–Crippen LogP) is 2.89. The van der Waals surface area contributed by atoms with Gasteiger partial charge in [-0.05, 0) is 24.5 Å². The number of hydrogen-bond acceptors (Lipinski definition) is 2. The van der Waals surface area contributed by atoms with Gasteiger partial charge in [0.25, 0.3) is 0 Å². The number of benzene rings is 1. The van der Waals surface area contributed by atoms with Crippen molar-refractivity contribution in [3.63, 3.8) is 0 Å². The van der Waals surface area contributed by atoms with Crippen LogP contribution >= 0.6 is 0 Å². The van der Waals surface area contributed by atoms with Crippen LogP contribution in [0.15, 0.2) is 48.8 Å². The normalized spacial score (nSPS) is 15.8. The number of aromatic nitrogens is 1. The quantitative estimate of drug-likeness (QED) is 0.917. The van der Waals surface area contributed by atoms with Gasteiger partial charge in [0.2, 0.25) is 5.91 Å². The van der Waals surface area contributed by atoms with Crippen molar-refractivity contribution in [3.8, 4) is 0 Å². The van der Waals surface area contributed by atoms with Crippen LogP contribution in [0.4, 0.5) is 10.1 Å². The van der Waals surface area contributed by atoms with Gasteiger partial charge in [0.15, 0.2) is 5.82 Å². The summed E-state index contributed by atoms with van der Waals surface area (Å²) in [6, 6.07) is 11.1. The number of nitrogens with one attached hydrogen (secondary N) is 1. The van der Waals surface area contributed by atoms with E-state index in [9.17, 15) is 9.18 Å². The summed E-state index contributed by atoms with van der Waals surface area (Å²) in [5, 5.41) is 2.66. The molecule has 0 radical (unpaired) electrons. The number of amides is 1. The minimum Gasteiger partial charge on any atom is -0.323 e. The summed E-state index contributed by atoms with van der Waals surface area (Å²) >= 11 is 0. The number of hydrogen-bond donors (Lipinski definition) is 1. The molecule has 0 bridgehead atoms. The minimum absolute atomic E-state index is 0.149. The Morgan fingerprint density at radius 2 is 1.95 bits per heavy atom. The summed E-state index contributed by atoms with van der Waals surface area (Å²) in [5.74, 6) is -0.663. The highest BCUT2D eigenvalue weighted by atomic mass is 19.1. The molecule has 1 amide bonds. The number of nitrogens with zero attached hydrogens (tertiary/aromatic N) is 1. The van der Waals surface area contributed by atoms with Gasteiger partial charge in [0.05, 0.1) is 17.3 Å². The Morgan fingerprint density at radius 1 is 1.21 bits per heavy atom. The summed E-state index contributed by atoms with van der Waals surface area (Å²) in [5.41, 5.74) is 0.681. The zero-order chi connectivity index (χ0) is 13.3. The molecular weight excluding hydrogens is 243 g/mol. The van der Waals surface area contributed by atoms with Gasteiger partial charge in [-0.15, -0.1) is 0 Å². The number of carbonyl (C=O) groups is 1. The molecule has 1 fully saturated rings. The fraction of sp³-hybridized carbons (Fsp3) is 0.200. The van der Waals surface area contributed by atoms with E-state index in [1.54, 1.807) is 0 Å². The van der Waals surface area contributed by atoms with Crippen LogP contribution in [0.25, 0.3) is 0 Å². The molecule has 0 spiro atoms. The molecule has 0 aliphatic heterocycles. The monoisotopic (exact) mass is 256 g/mol. The second-order valence-corrected chi connectivity index (χ2v) is 4.76. The lowest BCUT2D eigenvalue weighted by Gasteiger charge is -2.15. The lowest BCUT2D eigenvalue weighted by atomic mass is 9.95. The number of carbonyl (C=O) groups excluding carboxylic acids is 1. The first kappa shape index (κ1) is 11.8. The molecular formula is C15H13FN2O. The fourth-order valence-corrected chi connectivity index (χ4v) is 2.25. The molecule has 4 heteroatoms. The number of halogens is 1. The average Bonchev–Trinajstić information content (AvgIpc) is 3.24. The summed E-state index contributed by atoms with van der Waals surface area (Å²) in [6.45, 7) is 0. The topological polar surface area (TPSA) is 42.0 Å². The lowest BCUT2D eigenvalue weighted by molar-refractivity contribution is -0.118. The molecule has 2 aromatic rings. The van der Waals surface area contributed by atoms with Crippen LogP contribution in [0.3, 0.4) is 0 Å². The van der Waals surface area contributed by atoms with Crippen LogP contribution in [0, 0.1) is 5.82 Å². The predicted molar refractivity (Wildman–Crippen MR) is 70.2 cm³/mol. The van der Waals surface area contributed by atoms with E-state index in [0.717, 1.165) is 24.6 Å². The van der Waals surface area contributed by atoms with Gasteiger partial charge in [0.1, 0.15) is 0 Å². The van der Waals surface area contributed by atoms with Gasteiger partial charge in [0, 0.05) is 6.20 Å². The van der Waals surface area contributed by atoms with Crippen LogP contribution in [-0.2, 0) is 10.2 Å². The van der Waals surface area contributed by atoms with Crippen LogP contribution < -0.4 is 5.32 Å². The molecule has 1 aromatic carbocycles. The Kier molecular flexibility index (Phi) is 2.78. The van der Waals surface area contributed by atoms with Crippen molar-refractivity contribution >= 4 is 11.6 Å². The molecule has 19 heavy (non-hydrogen) atoms. The summed E-state index contributed by atoms with van der Waals surface area (Å²) in [4.78, 5) is 16.0. The van der Waals surface area contributed by atoms with Crippen molar-refractivity contribution in [1.29, 1.82) is 0 Å². The second kappa shape index (κ2) is 4.46. The zero-order valence-corrected chi connectivity index (χ0v) is 10.3. The fourth-order valence-electron chi connectivity index (χ4n) is 2.25. The number of rotatable bonds is 3. The molecule has 1 N–H and O–H groups in total. The minimum atomic E-state index is -0.514. The maximum absolute atomic E-state index is 13.5. The zero-order valence-electron chi connectivity index (χ0n) is 10.3. The van der Waals surface area contributed by atoms with Crippen molar-refractivity contribution in [2.75, 3.05) is 5.32 Å². The highest BCUT2D eigenvalue weighted by molar-refractivity contribution is 6.01. The first-order chi connectivity index (χ1) is 9.22. The summed E-state index contributed by atoms with van der Waals surface area (Å²) in [6.07, 6.45) is 4.16. The van der Waals surface area contributed by atoms with E-state index in [4.69, 9.17) is 0 Å². The van der Waals surface area contributed by atoms with Gasteiger partial charge < -0.3 is 5.32 Å². The van der Waals surface area contributed by atoms with Gasteiger partial charge >= 0.3 is 0 Å². The van der Waals surface area contributed by atoms with Crippen LogP contribution in [0.2, 0.25) is 0 Å². The van der Waals surface area contributed by atoms with Crippen LogP contribution in [0.1, 0.15) is 18.4 Å². The third-order valence-corrected chi connectivity index (χ3v) is 3.53. The standard InChI is InChI=1S/C15H13FN2O/c16-12-10-17-9-6-13(12)18-14(19)15(7-8-15)11-4-2-1-3-5-11/h1-6,9-10H,7-8H2,(H,17,18,19). The first-order valence-electron chi connectivity index (χ1n) is 6.19. The molecule has 0 atom stereocenters. The SMILES string of the molecule is O=C(Nc1ccncc1F)C1(c2ccccc2)CC1. The molecule has 3 rings (SSSR count). The number of anilines is 1. The Hall–Kier alpha value is -2.23. The van der Waals surface area contributed by atoms with Crippen LogP contribution in [-0.4, -0.2) is 10.9 Å². The highest BCUT2D eigenvalue weighted by Crippen LogP contribution is 2.48. The van der Waals surface area contributed by atoms with E-state index in [-0.39, 0.29) is 11.6 Å². The Morgan fingerprint density at radius 3 is 2.58 bits per heavy atom. The smallest absolute Gasteiger partial charge is 0.235 e. The molecule has 96 valence electrons. The lowest BCUT2D eigenvalue weighted by Crippen LogP contribution is -2.28. The van der Waals surface area contributed by atoms with Gasteiger partial charge in [-0.1, -0.05) is 30.3 Å². The Labute approximate surface area is 110 Å². The van der Waals surface area contributed by atoms with Crippen molar-refractivity contribution in [1.82, 2.24) is 4.98 Å². The first-order valence-corrected chi connectivity index (χ1v) is 6.19. The third-order valence-electron chi connectivity index (χ3n) is 3.53. The van der Waals surface area contributed by atoms with E-state index in [1.807, 2.05) is 30.3 Å². The molecule has 0 saturated heterocycles. The van der Waals surface area contributed by atoms with Gasteiger partial charge in [-0.25, -0.2) is 4.39 Å². The van der Waals surface area contributed by atoms with E-state index in [0.29, 0.717) is 0 Å². The number of pyridine rings is 1. The average molecular weight is 256 g/mol. The van der Waals surface area contributed by atoms with Crippen molar-refractivity contribution < 1.29 is 9.18 Å². The molecule has 0 unspecified atom stereocenters. The maximum atomic E-state index is 13.5. The molecule has 1 aromatic heterocycles. The highest BCUT2D eigenvalue weighted by Gasteiger charge is 2.51. The van der Waals surface area contributed by atoms with Crippen molar-refractivity contribution in [2.45, 2.75) is 18.3 Å². The molecule has 3 nitrogen and oxygen atoms in total. The van der Waals surface area contributed by atoms with E-state index < -0.39 is 11.2 Å².